The number of aliphatic hydroxyl groups is 1. The van der Waals surface area contributed by atoms with Crippen LogP contribution >= 0.6 is 0 Å². The highest BCUT2D eigenvalue weighted by Gasteiger charge is 2.11. The van der Waals surface area contributed by atoms with Crippen molar-refractivity contribution in [1.82, 2.24) is 0 Å². The average Bonchev–Trinajstić information content (AvgIpc) is 2.55. The second-order valence-electron chi connectivity index (χ2n) is 5.07. The second kappa shape index (κ2) is 7.73. The molecule has 4 heteroatoms. The number of carbonyl (C=O) groups excluding carboxylic acids is 1. The molecule has 2 aromatic carbocycles. The van der Waals surface area contributed by atoms with Crippen molar-refractivity contribution in [2.45, 2.75) is 26.0 Å². The lowest BCUT2D eigenvalue weighted by molar-refractivity contribution is -0.142. The van der Waals surface area contributed by atoms with Gasteiger partial charge in [0.05, 0.1) is 13.0 Å². The van der Waals surface area contributed by atoms with Crippen molar-refractivity contribution in [3.8, 4) is 0 Å². The molecule has 2 rings (SSSR count). The SMILES string of the molecule is CCOC(=O)Cc1ccc(C(O)c2ccc(CN)cc2)cc1. The van der Waals surface area contributed by atoms with Crippen molar-refractivity contribution in [2.75, 3.05) is 6.61 Å². The van der Waals surface area contributed by atoms with E-state index in [1.807, 2.05) is 48.5 Å². The van der Waals surface area contributed by atoms with Crippen molar-refractivity contribution in [2.24, 2.45) is 5.73 Å². The summed E-state index contributed by atoms with van der Waals surface area (Å²) < 4.78 is 4.92. The van der Waals surface area contributed by atoms with E-state index in [1.54, 1.807) is 6.92 Å². The van der Waals surface area contributed by atoms with Gasteiger partial charge in [0.25, 0.3) is 0 Å². The van der Waals surface area contributed by atoms with Crippen LogP contribution in [0.3, 0.4) is 0 Å². The predicted octanol–water partition coefficient (Wildman–Crippen LogP) is 2.33. The average molecular weight is 299 g/mol. The summed E-state index contributed by atoms with van der Waals surface area (Å²) >= 11 is 0. The number of hydrogen-bond donors (Lipinski definition) is 2. The van der Waals surface area contributed by atoms with Crippen LogP contribution in [0.25, 0.3) is 0 Å². The summed E-state index contributed by atoms with van der Waals surface area (Å²) in [5.74, 6) is -0.242. The van der Waals surface area contributed by atoms with Crippen LogP contribution in [-0.2, 0) is 22.5 Å². The molecule has 4 nitrogen and oxygen atoms in total. The van der Waals surface area contributed by atoms with Gasteiger partial charge in [0.1, 0.15) is 6.10 Å². The Balaban J connectivity index is 2.06. The van der Waals surface area contributed by atoms with Gasteiger partial charge < -0.3 is 15.6 Å². The molecule has 0 aromatic heterocycles. The zero-order chi connectivity index (χ0) is 15.9. The van der Waals surface area contributed by atoms with Gasteiger partial charge in [0.2, 0.25) is 0 Å². The summed E-state index contributed by atoms with van der Waals surface area (Å²) in [7, 11) is 0. The van der Waals surface area contributed by atoms with Gasteiger partial charge in [-0.05, 0) is 29.2 Å². The first-order chi connectivity index (χ1) is 10.6. The smallest absolute Gasteiger partial charge is 0.310 e. The summed E-state index contributed by atoms with van der Waals surface area (Å²) in [5.41, 5.74) is 9.06. The maximum atomic E-state index is 11.4. The molecule has 0 saturated heterocycles. The van der Waals surface area contributed by atoms with E-state index in [2.05, 4.69) is 0 Å². The van der Waals surface area contributed by atoms with Gasteiger partial charge in [-0.2, -0.15) is 0 Å². The minimum atomic E-state index is -0.691. The normalized spacial score (nSPS) is 12.0. The van der Waals surface area contributed by atoms with E-state index < -0.39 is 6.10 Å². The Morgan fingerprint density at radius 1 is 1.05 bits per heavy atom. The standard InChI is InChI=1S/C18H21NO3/c1-2-22-17(20)11-13-3-7-15(8-4-13)18(21)16-9-5-14(12-19)6-10-16/h3-10,18,21H,2,11-12,19H2,1H3. The van der Waals surface area contributed by atoms with Crippen LogP contribution in [0, 0.1) is 0 Å². The van der Waals surface area contributed by atoms with Crippen LogP contribution in [-0.4, -0.2) is 17.7 Å². The zero-order valence-electron chi connectivity index (χ0n) is 12.7. The van der Waals surface area contributed by atoms with E-state index in [9.17, 15) is 9.90 Å². The maximum Gasteiger partial charge on any atom is 0.310 e. The number of benzene rings is 2. The van der Waals surface area contributed by atoms with Gasteiger partial charge >= 0.3 is 5.97 Å². The van der Waals surface area contributed by atoms with Crippen molar-refractivity contribution < 1.29 is 14.6 Å². The fourth-order valence-electron chi connectivity index (χ4n) is 2.22. The van der Waals surface area contributed by atoms with Gasteiger partial charge in [0.15, 0.2) is 0 Å². The van der Waals surface area contributed by atoms with Gasteiger partial charge in [-0.25, -0.2) is 0 Å². The number of nitrogens with two attached hydrogens (primary N) is 1. The van der Waals surface area contributed by atoms with Crippen LogP contribution in [0.5, 0.6) is 0 Å². The highest BCUT2D eigenvalue weighted by molar-refractivity contribution is 5.72. The largest absolute Gasteiger partial charge is 0.466 e. The van der Waals surface area contributed by atoms with Gasteiger partial charge in [0, 0.05) is 6.54 Å². The number of esters is 1. The summed E-state index contributed by atoms with van der Waals surface area (Å²) in [6.07, 6.45) is -0.446. The van der Waals surface area contributed by atoms with E-state index in [0.29, 0.717) is 13.2 Å². The first kappa shape index (κ1) is 16.2. The summed E-state index contributed by atoms with van der Waals surface area (Å²) in [6.45, 7) is 2.65. The summed E-state index contributed by atoms with van der Waals surface area (Å²) in [6, 6.07) is 14.9. The molecule has 1 atom stereocenters. The lowest BCUT2D eigenvalue weighted by atomic mass is 9.99. The molecule has 0 spiro atoms. The molecule has 0 bridgehead atoms. The Bertz CT molecular complexity index is 605. The second-order valence-corrected chi connectivity index (χ2v) is 5.07. The predicted molar refractivity (Wildman–Crippen MR) is 85.2 cm³/mol. The molecule has 3 N–H and O–H groups in total. The van der Waals surface area contributed by atoms with Crippen LogP contribution in [0.1, 0.15) is 35.3 Å². The van der Waals surface area contributed by atoms with E-state index in [4.69, 9.17) is 10.5 Å². The first-order valence-electron chi connectivity index (χ1n) is 7.35. The summed E-state index contributed by atoms with van der Waals surface area (Å²) in [4.78, 5) is 11.4. The Hall–Kier alpha value is -2.17. The topological polar surface area (TPSA) is 72.5 Å². The van der Waals surface area contributed by atoms with Crippen molar-refractivity contribution in [3.05, 3.63) is 70.8 Å². The van der Waals surface area contributed by atoms with Crippen LogP contribution < -0.4 is 5.73 Å². The third-order valence-corrected chi connectivity index (χ3v) is 3.48. The quantitative estimate of drug-likeness (QED) is 0.803. The third kappa shape index (κ3) is 4.16. The Labute approximate surface area is 130 Å². The molecule has 0 aliphatic heterocycles. The Morgan fingerprint density at radius 3 is 2.00 bits per heavy atom. The Morgan fingerprint density at radius 2 is 1.55 bits per heavy atom. The Kier molecular flexibility index (Phi) is 5.69. The molecular weight excluding hydrogens is 278 g/mol. The van der Waals surface area contributed by atoms with E-state index in [0.717, 1.165) is 22.3 Å². The molecule has 0 heterocycles. The minimum absolute atomic E-state index is 0.242. The molecule has 116 valence electrons. The molecule has 0 radical (unpaired) electrons. The van der Waals surface area contributed by atoms with Crippen molar-refractivity contribution in [1.29, 1.82) is 0 Å². The molecule has 0 aliphatic carbocycles. The fraction of sp³-hybridized carbons (Fsp3) is 0.278. The molecule has 2 aromatic rings. The number of aliphatic hydroxyl groups excluding tert-OH is 1. The highest BCUT2D eigenvalue weighted by Crippen LogP contribution is 2.22. The van der Waals surface area contributed by atoms with E-state index >= 15 is 0 Å². The molecule has 0 amide bonds. The van der Waals surface area contributed by atoms with Crippen molar-refractivity contribution >= 4 is 5.97 Å². The first-order valence-corrected chi connectivity index (χ1v) is 7.35. The van der Waals surface area contributed by atoms with Crippen LogP contribution in [0.4, 0.5) is 0 Å². The van der Waals surface area contributed by atoms with Crippen LogP contribution in [0.2, 0.25) is 0 Å². The van der Waals surface area contributed by atoms with Crippen LogP contribution in [0.15, 0.2) is 48.5 Å². The molecule has 1 unspecified atom stereocenters. The molecular formula is C18H21NO3. The van der Waals surface area contributed by atoms with Gasteiger partial charge in [-0.15, -0.1) is 0 Å². The van der Waals surface area contributed by atoms with E-state index in [1.165, 1.54) is 0 Å². The molecule has 22 heavy (non-hydrogen) atoms. The molecule has 0 fully saturated rings. The fourth-order valence-corrected chi connectivity index (χ4v) is 2.22. The number of rotatable bonds is 6. The van der Waals surface area contributed by atoms with Crippen molar-refractivity contribution in [3.63, 3.8) is 0 Å². The minimum Gasteiger partial charge on any atom is -0.466 e. The molecule has 0 saturated carbocycles. The number of ether oxygens (including phenoxy) is 1. The zero-order valence-corrected chi connectivity index (χ0v) is 12.7. The molecule has 0 aliphatic rings. The van der Waals surface area contributed by atoms with Gasteiger partial charge in [-0.3, -0.25) is 4.79 Å². The maximum absolute atomic E-state index is 11.4. The summed E-state index contributed by atoms with van der Waals surface area (Å²) in [5, 5.41) is 10.4. The van der Waals surface area contributed by atoms with Gasteiger partial charge in [-0.1, -0.05) is 48.5 Å². The third-order valence-electron chi connectivity index (χ3n) is 3.48. The number of hydrogen-bond acceptors (Lipinski definition) is 4. The lowest BCUT2D eigenvalue weighted by Gasteiger charge is -2.12. The van der Waals surface area contributed by atoms with E-state index in [-0.39, 0.29) is 12.4 Å². The lowest BCUT2D eigenvalue weighted by Crippen LogP contribution is -2.07. The number of carbonyl (C=O) groups is 1. The highest BCUT2D eigenvalue weighted by atomic mass is 16.5. The monoisotopic (exact) mass is 299 g/mol.